The minimum atomic E-state index is -0.393. The predicted molar refractivity (Wildman–Crippen MR) is 88.5 cm³/mol. The van der Waals surface area contributed by atoms with Gasteiger partial charge in [0, 0.05) is 18.1 Å². The van der Waals surface area contributed by atoms with Crippen molar-refractivity contribution in [3.63, 3.8) is 0 Å². The molecule has 1 saturated heterocycles. The number of carbonyl (C=O) groups excluding carboxylic acids is 1. The minimum absolute atomic E-state index is 0.0871. The topological polar surface area (TPSA) is 38.8 Å². The number of nitrogens with zero attached hydrogens (tertiary/aromatic N) is 1. The highest BCUT2D eigenvalue weighted by Crippen LogP contribution is 2.21. The van der Waals surface area contributed by atoms with Gasteiger partial charge in [-0.1, -0.05) is 17.7 Å². The van der Waals surface area contributed by atoms with Crippen LogP contribution in [0.4, 0.5) is 8.78 Å². The highest BCUT2D eigenvalue weighted by molar-refractivity contribution is 6.31. The lowest BCUT2D eigenvalue weighted by Gasteiger charge is -2.38. The van der Waals surface area contributed by atoms with Crippen molar-refractivity contribution >= 4 is 17.5 Å². The highest BCUT2D eigenvalue weighted by Gasteiger charge is 2.31. The fraction of sp³-hybridized carbons (Fsp3) is 0.278. The van der Waals surface area contributed by atoms with Crippen LogP contribution in [0.1, 0.15) is 5.56 Å². The van der Waals surface area contributed by atoms with Crippen LogP contribution in [0.25, 0.3) is 0 Å². The fourth-order valence-electron chi connectivity index (χ4n) is 2.36. The van der Waals surface area contributed by atoms with E-state index >= 15 is 0 Å². The second-order valence-corrected chi connectivity index (χ2v) is 6.12. The maximum atomic E-state index is 13.0. The zero-order chi connectivity index (χ0) is 17.8. The molecular weight excluding hydrogens is 352 g/mol. The van der Waals surface area contributed by atoms with E-state index in [9.17, 15) is 13.6 Å². The van der Waals surface area contributed by atoms with Gasteiger partial charge in [-0.3, -0.25) is 4.79 Å². The van der Waals surface area contributed by atoms with E-state index in [4.69, 9.17) is 21.1 Å². The Morgan fingerprint density at radius 3 is 2.48 bits per heavy atom. The van der Waals surface area contributed by atoms with Crippen molar-refractivity contribution in [3.8, 4) is 5.75 Å². The highest BCUT2D eigenvalue weighted by atomic mass is 35.5. The van der Waals surface area contributed by atoms with Crippen LogP contribution in [-0.4, -0.2) is 36.6 Å². The number of hydrogen-bond donors (Lipinski definition) is 0. The molecule has 132 valence electrons. The van der Waals surface area contributed by atoms with Crippen LogP contribution in [-0.2, 0) is 16.1 Å². The Morgan fingerprint density at radius 2 is 1.80 bits per heavy atom. The third-order valence-electron chi connectivity index (χ3n) is 3.87. The first-order valence-corrected chi connectivity index (χ1v) is 8.11. The second kappa shape index (κ2) is 7.80. The zero-order valence-electron chi connectivity index (χ0n) is 13.3. The molecule has 0 unspecified atom stereocenters. The van der Waals surface area contributed by atoms with Crippen molar-refractivity contribution in [2.75, 3.05) is 19.7 Å². The molecule has 0 atom stereocenters. The average Bonchev–Trinajstić information content (AvgIpc) is 2.54. The Morgan fingerprint density at radius 1 is 1.12 bits per heavy atom. The largest absolute Gasteiger partial charge is 0.484 e. The molecule has 4 nitrogen and oxygen atoms in total. The third-order valence-corrected chi connectivity index (χ3v) is 4.22. The summed E-state index contributed by atoms with van der Waals surface area (Å²) in [6.07, 6.45) is -0.0871. The Balaban J connectivity index is 1.38. The summed E-state index contributed by atoms with van der Waals surface area (Å²) in [5.41, 5.74) is 0.701. The summed E-state index contributed by atoms with van der Waals surface area (Å²) in [5, 5.41) is 0.319. The van der Waals surface area contributed by atoms with Crippen LogP contribution in [0.15, 0.2) is 42.5 Å². The molecule has 0 N–H and O–H groups in total. The van der Waals surface area contributed by atoms with Gasteiger partial charge in [0.2, 0.25) is 0 Å². The summed E-state index contributed by atoms with van der Waals surface area (Å²) in [6, 6.07) is 9.63. The van der Waals surface area contributed by atoms with Crippen LogP contribution in [0, 0.1) is 11.6 Å². The molecule has 7 heteroatoms. The quantitative estimate of drug-likeness (QED) is 0.785. The van der Waals surface area contributed by atoms with Crippen molar-refractivity contribution in [3.05, 3.63) is 64.7 Å². The standard InChI is InChI=1S/C18H16ClF2NO3/c19-17-7-14(21)2-1-12(17)10-24-16-8-22(9-16)18(23)11-25-15-5-3-13(20)4-6-15/h1-7,16H,8-11H2. The second-order valence-electron chi connectivity index (χ2n) is 5.71. The SMILES string of the molecule is O=C(COc1ccc(F)cc1)N1CC(OCc2ccc(F)cc2Cl)C1. The van der Waals surface area contributed by atoms with Crippen LogP contribution < -0.4 is 4.74 Å². The number of benzene rings is 2. The van der Waals surface area contributed by atoms with Gasteiger partial charge in [-0.05, 0) is 42.0 Å². The molecule has 1 aliphatic rings. The smallest absolute Gasteiger partial charge is 0.260 e. The molecule has 1 heterocycles. The lowest BCUT2D eigenvalue weighted by atomic mass is 10.1. The fourth-order valence-corrected chi connectivity index (χ4v) is 2.58. The number of halogens is 3. The summed E-state index contributed by atoms with van der Waals surface area (Å²) in [4.78, 5) is 13.6. The Labute approximate surface area is 148 Å². The molecule has 0 saturated carbocycles. The normalized spacial score (nSPS) is 14.3. The van der Waals surface area contributed by atoms with Crippen LogP contribution in [0.3, 0.4) is 0 Å². The molecule has 0 spiro atoms. The van der Waals surface area contributed by atoms with E-state index in [1.165, 1.54) is 36.4 Å². The molecule has 3 rings (SSSR count). The number of ether oxygens (including phenoxy) is 2. The summed E-state index contributed by atoms with van der Waals surface area (Å²) < 4.78 is 36.7. The molecule has 1 amide bonds. The molecule has 2 aromatic carbocycles. The molecular formula is C18H16ClF2NO3. The molecule has 25 heavy (non-hydrogen) atoms. The molecule has 1 fully saturated rings. The van der Waals surface area contributed by atoms with E-state index in [0.717, 1.165) is 0 Å². The van der Waals surface area contributed by atoms with Gasteiger partial charge in [-0.15, -0.1) is 0 Å². The third kappa shape index (κ3) is 4.67. The number of rotatable bonds is 6. The molecule has 0 aromatic heterocycles. The lowest BCUT2D eigenvalue weighted by molar-refractivity contribution is -0.148. The van der Waals surface area contributed by atoms with Crippen molar-refractivity contribution in [1.29, 1.82) is 0 Å². The molecule has 0 aliphatic carbocycles. The van der Waals surface area contributed by atoms with Crippen LogP contribution >= 0.6 is 11.6 Å². The summed E-state index contributed by atoms with van der Waals surface area (Å²) >= 11 is 5.94. The Bertz CT molecular complexity index is 748. The van der Waals surface area contributed by atoms with E-state index in [0.29, 0.717) is 29.4 Å². The van der Waals surface area contributed by atoms with Crippen molar-refractivity contribution in [1.82, 2.24) is 4.90 Å². The maximum Gasteiger partial charge on any atom is 0.260 e. The summed E-state index contributed by atoms with van der Waals surface area (Å²) in [6.45, 7) is 1.08. The van der Waals surface area contributed by atoms with Gasteiger partial charge in [-0.2, -0.15) is 0 Å². The lowest BCUT2D eigenvalue weighted by Crippen LogP contribution is -2.55. The number of carbonyl (C=O) groups is 1. The van der Waals surface area contributed by atoms with Gasteiger partial charge in [-0.25, -0.2) is 8.78 Å². The van der Waals surface area contributed by atoms with Gasteiger partial charge in [0.25, 0.3) is 5.91 Å². The monoisotopic (exact) mass is 367 g/mol. The summed E-state index contributed by atoms with van der Waals surface area (Å²) in [5.74, 6) is -0.476. The molecule has 1 aliphatic heterocycles. The van der Waals surface area contributed by atoms with E-state index in [1.54, 1.807) is 11.0 Å². The first-order valence-electron chi connectivity index (χ1n) is 7.73. The van der Waals surface area contributed by atoms with Crippen LogP contribution in [0.5, 0.6) is 5.75 Å². The summed E-state index contributed by atoms with van der Waals surface area (Å²) in [7, 11) is 0. The number of amides is 1. The maximum absolute atomic E-state index is 13.0. The minimum Gasteiger partial charge on any atom is -0.484 e. The van der Waals surface area contributed by atoms with Gasteiger partial charge >= 0.3 is 0 Å². The average molecular weight is 368 g/mol. The first kappa shape index (κ1) is 17.6. The van der Waals surface area contributed by atoms with E-state index in [1.807, 2.05) is 0 Å². The van der Waals surface area contributed by atoms with Gasteiger partial charge < -0.3 is 14.4 Å². The first-order chi connectivity index (χ1) is 12.0. The van der Waals surface area contributed by atoms with E-state index < -0.39 is 5.82 Å². The van der Waals surface area contributed by atoms with Crippen molar-refractivity contribution in [2.24, 2.45) is 0 Å². The van der Waals surface area contributed by atoms with Gasteiger partial charge in [0.05, 0.1) is 12.7 Å². The van der Waals surface area contributed by atoms with Gasteiger partial charge in [0.15, 0.2) is 6.61 Å². The zero-order valence-corrected chi connectivity index (χ0v) is 14.0. The molecule has 2 aromatic rings. The van der Waals surface area contributed by atoms with Crippen molar-refractivity contribution in [2.45, 2.75) is 12.7 Å². The predicted octanol–water partition coefficient (Wildman–Crippen LogP) is 3.42. The van der Waals surface area contributed by atoms with Gasteiger partial charge in [0.1, 0.15) is 17.4 Å². The number of hydrogen-bond acceptors (Lipinski definition) is 3. The molecule has 0 bridgehead atoms. The Kier molecular flexibility index (Phi) is 5.50. The van der Waals surface area contributed by atoms with E-state index in [2.05, 4.69) is 0 Å². The number of likely N-dealkylation sites (tertiary alicyclic amines) is 1. The Hall–Kier alpha value is -2.18. The van der Waals surface area contributed by atoms with Crippen molar-refractivity contribution < 1.29 is 23.0 Å². The molecule has 0 radical (unpaired) electrons. The van der Waals surface area contributed by atoms with Crippen LogP contribution in [0.2, 0.25) is 5.02 Å². The van der Waals surface area contributed by atoms with E-state index in [-0.39, 0.29) is 31.0 Å².